The van der Waals surface area contributed by atoms with Crippen LogP contribution in [-0.2, 0) is 19.4 Å². The van der Waals surface area contributed by atoms with E-state index in [1.54, 1.807) is 24.4 Å². The van der Waals surface area contributed by atoms with Crippen LogP contribution in [0.3, 0.4) is 0 Å². The van der Waals surface area contributed by atoms with E-state index in [2.05, 4.69) is 15.5 Å². The molecule has 0 bridgehead atoms. The van der Waals surface area contributed by atoms with E-state index in [1.165, 1.54) is 4.40 Å². The Bertz CT molecular complexity index is 780. The number of fused-ring (bicyclic) bond motifs is 1. The number of nitrogens with zero attached hydrogens (tertiary/aromatic N) is 3. The second-order valence-corrected chi connectivity index (χ2v) is 6.99. The van der Waals surface area contributed by atoms with Crippen molar-refractivity contribution in [2.75, 3.05) is 18.9 Å². The fourth-order valence-corrected chi connectivity index (χ4v) is 3.55. The van der Waals surface area contributed by atoms with Crippen LogP contribution < -0.4 is 5.32 Å². The summed E-state index contributed by atoms with van der Waals surface area (Å²) in [7, 11) is -3.85. The number of ether oxygens (including phenoxy) is 1. The van der Waals surface area contributed by atoms with E-state index in [0.717, 1.165) is 12.8 Å². The summed E-state index contributed by atoms with van der Waals surface area (Å²) in [5.74, 6) is -1.22. The first kappa shape index (κ1) is 14.9. The van der Waals surface area contributed by atoms with E-state index in [-0.39, 0.29) is 11.3 Å². The summed E-state index contributed by atoms with van der Waals surface area (Å²) in [5.41, 5.74) is 0.417. The van der Waals surface area contributed by atoms with Gasteiger partial charge in [-0.25, -0.2) is 8.42 Å². The van der Waals surface area contributed by atoms with Gasteiger partial charge in [-0.05, 0) is 25.0 Å². The van der Waals surface area contributed by atoms with Gasteiger partial charge in [-0.1, -0.05) is 6.07 Å². The number of hydrogen-bond donors (Lipinski definition) is 1. The van der Waals surface area contributed by atoms with Gasteiger partial charge < -0.3 is 10.1 Å². The van der Waals surface area contributed by atoms with E-state index in [0.29, 0.717) is 18.8 Å². The van der Waals surface area contributed by atoms with Gasteiger partial charge in [-0.15, -0.1) is 10.2 Å². The van der Waals surface area contributed by atoms with Crippen molar-refractivity contribution < 1.29 is 17.9 Å². The van der Waals surface area contributed by atoms with Crippen LogP contribution in [0.15, 0.2) is 29.6 Å². The lowest BCUT2D eigenvalue weighted by Gasteiger charge is -2.10. The van der Waals surface area contributed by atoms with Crippen molar-refractivity contribution in [3.8, 4) is 0 Å². The van der Waals surface area contributed by atoms with Gasteiger partial charge in [-0.2, -0.15) is 0 Å². The Kier molecular flexibility index (Phi) is 4.08. The predicted octanol–water partition coefficient (Wildman–Crippen LogP) is -0.202. The van der Waals surface area contributed by atoms with Crippen LogP contribution in [-0.4, -0.2) is 53.9 Å². The van der Waals surface area contributed by atoms with Crippen molar-refractivity contribution in [2.24, 2.45) is 0 Å². The molecule has 1 N–H and O–H groups in total. The zero-order valence-corrected chi connectivity index (χ0v) is 12.6. The molecule has 22 heavy (non-hydrogen) atoms. The summed E-state index contributed by atoms with van der Waals surface area (Å²) in [6.07, 6.45) is 3.36. The molecule has 1 amide bonds. The van der Waals surface area contributed by atoms with Crippen LogP contribution in [0.5, 0.6) is 0 Å². The van der Waals surface area contributed by atoms with E-state index in [1.807, 2.05) is 0 Å². The molecule has 0 aromatic carbocycles. The number of carbonyl (C=O) groups excluding carboxylic acids is 1. The van der Waals surface area contributed by atoms with Gasteiger partial charge in [0.1, 0.15) is 5.75 Å². The highest BCUT2D eigenvalue weighted by Crippen LogP contribution is 2.12. The summed E-state index contributed by atoms with van der Waals surface area (Å²) >= 11 is 0. The molecule has 118 valence electrons. The van der Waals surface area contributed by atoms with E-state index >= 15 is 0 Å². The maximum atomic E-state index is 12.3. The molecule has 0 unspecified atom stereocenters. The lowest BCUT2D eigenvalue weighted by Crippen LogP contribution is -2.36. The highest BCUT2D eigenvalue weighted by atomic mass is 32.2. The SMILES string of the molecule is O=C(CS(=O)(=O)c1nnc2ccccn12)NC[C@@H]1CCCO1. The van der Waals surface area contributed by atoms with Crippen molar-refractivity contribution in [2.45, 2.75) is 24.1 Å². The lowest BCUT2D eigenvalue weighted by atomic mass is 10.2. The monoisotopic (exact) mass is 324 g/mol. The van der Waals surface area contributed by atoms with E-state index in [4.69, 9.17) is 4.74 Å². The summed E-state index contributed by atoms with van der Waals surface area (Å²) in [4.78, 5) is 11.8. The number of carbonyl (C=O) groups is 1. The molecule has 1 saturated heterocycles. The summed E-state index contributed by atoms with van der Waals surface area (Å²) in [6, 6.07) is 5.05. The number of nitrogens with one attached hydrogen (secondary N) is 1. The minimum atomic E-state index is -3.85. The molecule has 1 fully saturated rings. The molecule has 3 rings (SSSR count). The average Bonchev–Trinajstić information content (AvgIpc) is 3.14. The quantitative estimate of drug-likeness (QED) is 0.817. The van der Waals surface area contributed by atoms with Gasteiger partial charge in [0.2, 0.25) is 15.7 Å². The van der Waals surface area contributed by atoms with Gasteiger partial charge in [0.15, 0.2) is 5.65 Å². The Hall–Kier alpha value is -2.00. The minimum Gasteiger partial charge on any atom is -0.376 e. The van der Waals surface area contributed by atoms with Crippen LogP contribution in [0.2, 0.25) is 0 Å². The molecule has 0 aliphatic carbocycles. The molecule has 0 radical (unpaired) electrons. The largest absolute Gasteiger partial charge is 0.376 e. The maximum absolute atomic E-state index is 12.3. The summed E-state index contributed by atoms with van der Waals surface area (Å²) in [5, 5.41) is 9.82. The van der Waals surface area contributed by atoms with Gasteiger partial charge in [0.05, 0.1) is 6.10 Å². The molecule has 0 saturated carbocycles. The van der Waals surface area contributed by atoms with Crippen LogP contribution in [0.25, 0.3) is 5.65 Å². The van der Waals surface area contributed by atoms with Crippen molar-refractivity contribution >= 4 is 21.4 Å². The molecular formula is C13H16N4O4S. The van der Waals surface area contributed by atoms with Crippen molar-refractivity contribution in [1.82, 2.24) is 19.9 Å². The van der Waals surface area contributed by atoms with Crippen molar-refractivity contribution in [3.05, 3.63) is 24.4 Å². The summed E-state index contributed by atoms with van der Waals surface area (Å²) in [6.45, 7) is 1.01. The highest BCUT2D eigenvalue weighted by Gasteiger charge is 2.25. The predicted molar refractivity (Wildman–Crippen MR) is 77.0 cm³/mol. The first-order valence-corrected chi connectivity index (χ1v) is 8.62. The van der Waals surface area contributed by atoms with Crippen LogP contribution in [0.1, 0.15) is 12.8 Å². The first-order valence-electron chi connectivity index (χ1n) is 6.97. The molecular weight excluding hydrogens is 308 g/mol. The third kappa shape index (κ3) is 3.09. The lowest BCUT2D eigenvalue weighted by molar-refractivity contribution is -0.119. The summed E-state index contributed by atoms with van der Waals surface area (Å²) < 4.78 is 31.3. The molecule has 8 nitrogen and oxygen atoms in total. The standard InChI is InChI=1S/C13H16N4O4S/c18-12(14-8-10-4-3-7-21-10)9-22(19,20)13-16-15-11-5-1-2-6-17(11)13/h1-2,5-6,10H,3-4,7-9H2,(H,14,18)/t10-/m0/s1. The van der Waals surface area contributed by atoms with Crippen LogP contribution >= 0.6 is 0 Å². The third-order valence-electron chi connectivity index (χ3n) is 3.43. The van der Waals surface area contributed by atoms with Crippen molar-refractivity contribution in [3.63, 3.8) is 0 Å². The Balaban J connectivity index is 1.68. The van der Waals surface area contributed by atoms with Crippen LogP contribution in [0, 0.1) is 0 Å². The molecule has 3 heterocycles. The second kappa shape index (κ2) is 6.01. The zero-order chi connectivity index (χ0) is 15.6. The highest BCUT2D eigenvalue weighted by molar-refractivity contribution is 7.91. The van der Waals surface area contributed by atoms with E-state index < -0.39 is 21.5 Å². The van der Waals surface area contributed by atoms with Gasteiger partial charge in [0.25, 0.3) is 5.16 Å². The molecule has 9 heteroatoms. The number of pyridine rings is 1. The minimum absolute atomic E-state index is 0.0272. The molecule has 0 spiro atoms. The average molecular weight is 324 g/mol. The number of sulfone groups is 1. The van der Waals surface area contributed by atoms with Crippen LogP contribution in [0.4, 0.5) is 0 Å². The number of hydrogen-bond acceptors (Lipinski definition) is 6. The molecule has 2 aromatic heterocycles. The zero-order valence-electron chi connectivity index (χ0n) is 11.8. The maximum Gasteiger partial charge on any atom is 0.254 e. The molecule has 1 aliphatic heterocycles. The third-order valence-corrected chi connectivity index (χ3v) is 4.91. The molecule has 1 aliphatic rings. The number of aromatic nitrogens is 3. The smallest absolute Gasteiger partial charge is 0.254 e. The Morgan fingerprint density at radius 1 is 1.41 bits per heavy atom. The van der Waals surface area contributed by atoms with Crippen molar-refractivity contribution in [1.29, 1.82) is 0 Å². The fourth-order valence-electron chi connectivity index (χ4n) is 2.35. The normalized spacial score (nSPS) is 18.6. The van der Waals surface area contributed by atoms with Gasteiger partial charge >= 0.3 is 0 Å². The topological polar surface area (TPSA) is 103 Å². The van der Waals surface area contributed by atoms with Gasteiger partial charge in [0, 0.05) is 19.3 Å². The fraction of sp³-hybridized carbons (Fsp3) is 0.462. The molecule has 1 atom stereocenters. The Morgan fingerprint density at radius 2 is 2.27 bits per heavy atom. The number of amides is 1. The Labute approximate surface area is 127 Å². The molecule has 2 aromatic rings. The van der Waals surface area contributed by atoms with Gasteiger partial charge in [-0.3, -0.25) is 9.20 Å². The Morgan fingerprint density at radius 3 is 3.05 bits per heavy atom. The second-order valence-electron chi connectivity index (χ2n) is 5.11. The number of rotatable bonds is 5. The first-order chi connectivity index (χ1) is 10.6. The van der Waals surface area contributed by atoms with E-state index in [9.17, 15) is 13.2 Å².